The number of halogens is 1. The van der Waals surface area contributed by atoms with Gasteiger partial charge in [0.1, 0.15) is 5.82 Å². The molecule has 27 heavy (non-hydrogen) atoms. The molecule has 0 radical (unpaired) electrons. The van der Waals surface area contributed by atoms with Crippen molar-refractivity contribution < 1.29 is 4.79 Å². The van der Waals surface area contributed by atoms with Gasteiger partial charge in [-0.25, -0.2) is 9.97 Å². The van der Waals surface area contributed by atoms with Gasteiger partial charge in [-0.1, -0.05) is 30.7 Å². The van der Waals surface area contributed by atoms with E-state index in [1.165, 1.54) is 17.5 Å². The number of hydrogen-bond acceptors (Lipinski definition) is 4. The third kappa shape index (κ3) is 3.59. The summed E-state index contributed by atoms with van der Waals surface area (Å²) in [6, 6.07) is 15.2. The highest BCUT2D eigenvalue weighted by molar-refractivity contribution is 7.17. The first-order valence-electron chi connectivity index (χ1n) is 8.64. The summed E-state index contributed by atoms with van der Waals surface area (Å²) in [5, 5.41) is 3.32. The lowest BCUT2D eigenvalue weighted by Crippen LogP contribution is -2.11. The number of benzene rings is 1. The Morgan fingerprint density at radius 2 is 2.04 bits per heavy atom. The summed E-state index contributed by atoms with van der Waals surface area (Å²) in [6.07, 6.45) is 2.51. The fraction of sp³-hybridized carbons (Fsp3) is 0.150. The van der Waals surface area contributed by atoms with Crippen LogP contribution in [-0.2, 0) is 6.54 Å². The van der Waals surface area contributed by atoms with E-state index in [2.05, 4.69) is 27.9 Å². The molecule has 0 bridgehead atoms. The zero-order valence-electron chi connectivity index (χ0n) is 14.6. The number of para-hydroxylation sites is 2. The van der Waals surface area contributed by atoms with Crippen LogP contribution in [0.4, 0.5) is 5.82 Å². The van der Waals surface area contributed by atoms with Crippen molar-refractivity contribution in [3.8, 4) is 10.7 Å². The molecule has 4 rings (SSSR count). The van der Waals surface area contributed by atoms with Gasteiger partial charge in [-0.05, 0) is 42.8 Å². The second-order valence-corrected chi connectivity index (χ2v) is 7.58. The predicted molar refractivity (Wildman–Crippen MR) is 111 cm³/mol. The molecule has 1 amide bonds. The van der Waals surface area contributed by atoms with Gasteiger partial charge in [-0.2, -0.15) is 0 Å². The topological polar surface area (TPSA) is 59.8 Å². The molecule has 0 aliphatic heterocycles. The van der Waals surface area contributed by atoms with E-state index in [0.717, 1.165) is 34.7 Å². The van der Waals surface area contributed by atoms with Crippen LogP contribution in [-0.4, -0.2) is 20.4 Å². The van der Waals surface area contributed by atoms with Crippen molar-refractivity contribution in [2.45, 2.75) is 19.9 Å². The average molecular weight is 397 g/mol. The quantitative estimate of drug-likeness (QED) is 0.486. The maximum Gasteiger partial charge on any atom is 0.266 e. The molecule has 0 aliphatic carbocycles. The minimum Gasteiger partial charge on any atom is -0.323 e. The molecule has 0 aliphatic rings. The molecule has 0 spiro atoms. The number of thiophene rings is 1. The van der Waals surface area contributed by atoms with E-state index in [9.17, 15) is 4.79 Å². The molecule has 3 aromatic heterocycles. The lowest BCUT2D eigenvalue weighted by atomic mass is 10.3. The number of nitrogens with one attached hydrogen (secondary N) is 1. The summed E-state index contributed by atoms with van der Waals surface area (Å²) in [5.41, 5.74) is 2.07. The fourth-order valence-electron chi connectivity index (χ4n) is 2.92. The van der Waals surface area contributed by atoms with E-state index in [-0.39, 0.29) is 5.91 Å². The molecule has 1 N–H and O–H groups in total. The summed E-state index contributed by atoms with van der Waals surface area (Å²) in [4.78, 5) is 23.0. The Morgan fingerprint density at radius 1 is 1.19 bits per heavy atom. The Balaban J connectivity index is 1.64. The Labute approximate surface area is 165 Å². The van der Waals surface area contributed by atoms with Gasteiger partial charge in [0.25, 0.3) is 5.91 Å². The number of nitrogens with zero attached hydrogens (tertiary/aromatic N) is 3. The lowest BCUT2D eigenvalue weighted by molar-refractivity contribution is 0.103. The molecule has 0 atom stereocenters. The molecule has 5 nitrogen and oxygen atoms in total. The smallest absolute Gasteiger partial charge is 0.266 e. The van der Waals surface area contributed by atoms with Crippen LogP contribution in [0.5, 0.6) is 0 Å². The third-order valence-corrected chi connectivity index (χ3v) is 5.42. The van der Waals surface area contributed by atoms with Crippen molar-refractivity contribution in [3.63, 3.8) is 0 Å². The Morgan fingerprint density at radius 3 is 2.81 bits per heavy atom. The largest absolute Gasteiger partial charge is 0.323 e. The number of pyridine rings is 1. The van der Waals surface area contributed by atoms with Crippen molar-refractivity contribution in [2.24, 2.45) is 0 Å². The van der Waals surface area contributed by atoms with Crippen molar-refractivity contribution >= 4 is 45.7 Å². The average Bonchev–Trinajstić information content (AvgIpc) is 3.29. The van der Waals surface area contributed by atoms with E-state index in [4.69, 9.17) is 16.6 Å². The van der Waals surface area contributed by atoms with E-state index in [1.54, 1.807) is 12.1 Å². The number of imidazole rings is 1. The summed E-state index contributed by atoms with van der Waals surface area (Å²) in [5.74, 6) is 1.17. The standard InChI is InChI=1S/C20H17ClN4OS/c1-2-11-25-15-6-4-3-5-14(15)23-19(25)16-8-9-17(27-16)20(26)24-18-10-7-13(21)12-22-18/h3-10,12H,2,11H2,1H3,(H,22,24,26). The van der Waals surface area contributed by atoms with Crippen LogP contribution in [0.3, 0.4) is 0 Å². The first-order chi connectivity index (χ1) is 13.2. The van der Waals surface area contributed by atoms with Gasteiger partial charge in [0.15, 0.2) is 5.82 Å². The van der Waals surface area contributed by atoms with Crippen molar-refractivity contribution in [3.05, 3.63) is 64.6 Å². The predicted octanol–water partition coefficient (Wildman–Crippen LogP) is 5.48. The van der Waals surface area contributed by atoms with E-state index >= 15 is 0 Å². The molecule has 1 aromatic carbocycles. The minimum atomic E-state index is -0.195. The first-order valence-corrected chi connectivity index (χ1v) is 9.83. The second-order valence-electron chi connectivity index (χ2n) is 6.06. The Bertz CT molecular complexity index is 1100. The van der Waals surface area contributed by atoms with Crippen LogP contribution in [0.15, 0.2) is 54.7 Å². The van der Waals surface area contributed by atoms with E-state index in [1.807, 2.05) is 30.3 Å². The fourth-order valence-corrected chi connectivity index (χ4v) is 3.93. The van der Waals surface area contributed by atoms with Crippen molar-refractivity contribution in [1.29, 1.82) is 0 Å². The normalized spacial score (nSPS) is 11.0. The van der Waals surface area contributed by atoms with Gasteiger partial charge >= 0.3 is 0 Å². The number of carbonyl (C=O) groups excluding carboxylic acids is 1. The molecule has 136 valence electrons. The lowest BCUT2D eigenvalue weighted by Gasteiger charge is -2.06. The second kappa shape index (κ2) is 7.50. The van der Waals surface area contributed by atoms with Crippen molar-refractivity contribution in [1.82, 2.24) is 14.5 Å². The van der Waals surface area contributed by atoms with Gasteiger partial charge in [0, 0.05) is 12.7 Å². The van der Waals surface area contributed by atoms with Crippen LogP contribution in [0.25, 0.3) is 21.7 Å². The summed E-state index contributed by atoms with van der Waals surface area (Å²) < 4.78 is 2.21. The van der Waals surface area contributed by atoms with Gasteiger partial charge in [0.05, 0.1) is 25.8 Å². The Hall–Kier alpha value is -2.70. The molecule has 0 fully saturated rings. The number of anilines is 1. The summed E-state index contributed by atoms with van der Waals surface area (Å²) in [6.45, 7) is 3.02. The summed E-state index contributed by atoms with van der Waals surface area (Å²) in [7, 11) is 0. The molecular weight excluding hydrogens is 380 g/mol. The Kier molecular flexibility index (Phi) is 4.92. The zero-order chi connectivity index (χ0) is 18.8. The highest BCUT2D eigenvalue weighted by Gasteiger charge is 2.16. The number of aromatic nitrogens is 3. The molecule has 4 aromatic rings. The number of aryl methyl sites for hydroxylation is 1. The number of rotatable bonds is 5. The monoisotopic (exact) mass is 396 g/mol. The van der Waals surface area contributed by atoms with Crippen molar-refractivity contribution in [2.75, 3.05) is 5.32 Å². The highest BCUT2D eigenvalue weighted by atomic mass is 35.5. The molecule has 7 heteroatoms. The summed E-state index contributed by atoms with van der Waals surface area (Å²) >= 11 is 7.25. The molecule has 0 unspecified atom stereocenters. The maximum atomic E-state index is 12.5. The van der Waals surface area contributed by atoms with Crippen LogP contribution < -0.4 is 5.32 Å². The van der Waals surface area contributed by atoms with Gasteiger partial charge in [0.2, 0.25) is 0 Å². The third-order valence-electron chi connectivity index (χ3n) is 4.12. The minimum absolute atomic E-state index is 0.195. The van der Waals surface area contributed by atoms with Gasteiger partial charge in [-0.3, -0.25) is 4.79 Å². The van der Waals surface area contributed by atoms with Crippen LogP contribution in [0.1, 0.15) is 23.0 Å². The van der Waals surface area contributed by atoms with E-state index < -0.39 is 0 Å². The zero-order valence-corrected chi connectivity index (χ0v) is 16.2. The van der Waals surface area contributed by atoms with Crippen LogP contribution in [0.2, 0.25) is 5.02 Å². The van der Waals surface area contributed by atoms with E-state index in [0.29, 0.717) is 15.7 Å². The molecule has 0 saturated carbocycles. The molecule has 0 saturated heterocycles. The van der Waals surface area contributed by atoms with Crippen LogP contribution in [0, 0.1) is 0 Å². The molecular formula is C20H17ClN4OS. The van der Waals surface area contributed by atoms with Crippen LogP contribution >= 0.6 is 22.9 Å². The van der Waals surface area contributed by atoms with Gasteiger partial charge in [-0.15, -0.1) is 11.3 Å². The number of amides is 1. The van der Waals surface area contributed by atoms with Gasteiger partial charge < -0.3 is 9.88 Å². The SMILES string of the molecule is CCCn1c(-c2ccc(C(=O)Nc3ccc(Cl)cn3)s2)nc2ccccc21. The maximum absolute atomic E-state index is 12.5. The number of carbonyl (C=O) groups is 1. The first kappa shape index (κ1) is 17.7. The molecule has 3 heterocycles. The highest BCUT2D eigenvalue weighted by Crippen LogP contribution is 2.31. The number of hydrogen-bond donors (Lipinski definition) is 1. The number of fused-ring (bicyclic) bond motifs is 1.